The summed E-state index contributed by atoms with van der Waals surface area (Å²) in [7, 11) is 1.64. The van der Waals surface area contributed by atoms with Crippen molar-refractivity contribution in [3.05, 3.63) is 53.8 Å². The summed E-state index contributed by atoms with van der Waals surface area (Å²) in [5, 5.41) is 19.8. The van der Waals surface area contributed by atoms with Crippen LogP contribution in [0.2, 0.25) is 0 Å². The van der Waals surface area contributed by atoms with Gasteiger partial charge in [-0.15, -0.1) is 27.0 Å². The van der Waals surface area contributed by atoms with E-state index in [-0.39, 0.29) is 11.7 Å². The normalized spacial score (nSPS) is 10.6. The lowest BCUT2D eigenvalue weighted by Gasteiger charge is -2.08. The van der Waals surface area contributed by atoms with Crippen LogP contribution in [0.3, 0.4) is 0 Å². The quantitative estimate of drug-likeness (QED) is 0.434. The number of aromatic nitrogens is 5. The van der Waals surface area contributed by atoms with Crippen molar-refractivity contribution in [2.24, 2.45) is 0 Å². The zero-order valence-corrected chi connectivity index (χ0v) is 16.3. The van der Waals surface area contributed by atoms with Crippen molar-refractivity contribution >= 4 is 34.1 Å². The molecule has 2 aromatic heterocycles. The average Bonchev–Trinajstić information content (AvgIpc) is 3.32. The van der Waals surface area contributed by atoms with E-state index < -0.39 is 0 Å². The minimum absolute atomic E-state index is 0.165. The molecule has 0 aliphatic rings. The van der Waals surface area contributed by atoms with E-state index in [1.807, 2.05) is 28.8 Å². The standard InChI is InChI=1S/C17H18N6O2S2/c1-3-8-23-14(9-12-4-6-13(25-2)7-5-12)20-22-17(23)26-10-15(24)19-16-21-18-11-27-16/h3-7,11H,1,8-10H2,2H3,(H,19,21,24). The molecule has 0 radical (unpaired) electrons. The van der Waals surface area contributed by atoms with E-state index in [1.54, 1.807) is 18.7 Å². The van der Waals surface area contributed by atoms with Crippen LogP contribution in [0.5, 0.6) is 5.75 Å². The number of nitrogens with zero attached hydrogens (tertiary/aromatic N) is 5. The summed E-state index contributed by atoms with van der Waals surface area (Å²) in [6.45, 7) is 4.37. The third-order valence-corrected chi connectivity index (χ3v) is 5.14. The van der Waals surface area contributed by atoms with Crippen LogP contribution in [-0.4, -0.2) is 43.7 Å². The molecule has 1 N–H and O–H groups in total. The van der Waals surface area contributed by atoms with Crippen LogP contribution in [0.1, 0.15) is 11.4 Å². The molecule has 0 atom stereocenters. The summed E-state index contributed by atoms with van der Waals surface area (Å²) >= 11 is 2.59. The van der Waals surface area contributed by atoms with Gasteiger partial charge in [-0.2, -0.15) is 0 Å². The first-order chi connectivity index (χ1) is 13.2. The highest BCUT2D eigenvalue weighted by molar-refractivity contribution is 7.99. The van der Waals surface area contributed by atoms with Crippen molar-refractivity contribution in [2.45, 2.75) is 18.1 Å². The first-order valence-corrected chi connectivity index (χ1v) is 9.91. The summed E-state index contributed by atoms with van der Waals surface area (Å²) in [5.41, 5.74) is 2.66. The van der Waals surface area contributed by atoms with Gasteiger partial charge in [-0.3, -0.25) is 10.1 Å². The van der Waals surface area contributed by atoms with Crippen LogP contribution in [0.4, 0.5) is 5.13 Å². The third-order valence-electron chi connectivity index (χ3n) is 3.57. The number of hydrogen-bond donors (Lipinski definition) is 1. The van der Waals surface area contributed by atoms with E-state index in [0.29, 0.717) is 23.3 Å². The van der Waals surface area contributed by atoms with E-state index in [1.165, 1.54) is 23.1 Å². The number of carbonyl (C=O) groups excluding carboxylic acids is 1. The van der Waals surface area contributed by atoms with Gasteiger partial charge in [-0.25, -0.2) is 0 Å². The van der Waals surface area contributed by atoms with Crippen molar-refractivity contribution in [1.29, 1.82) is 0 Å². The van der Waals surface area contributed by atoms with Crippen molar-refractivity contribution in [3.63, 3.8) is 0 Å². The Morgan fingerprint density at radius 1 is 1.33 bits per heavy atom. The molecule has 0 fully saturated rings. The number of amides is 1. The fraction of sp³-hybridized carbons (Fsp3) is 0.235. The second-order valence-electron chi connectivity index (χ2n) is 5.40. The minimum atomic E-state index is -0.165. The fourth-order valence-corrected chi connectivity index (χ4v) is 3.54. The number of methoxy groups -OCH3 is 1. The Bertz CT molecular complexity index is 893. The molecule has 27 heavy (non-hydrogen) atoms. The number of allylic oxidation sites excluding steroid dienone is 1. The molecule has 0 unspecified atom stereocenters. The molecule has 0 aliphatic heterocycles. The van der Waals surface area contributed by atoms with E-state index in [2.05, 4.69) is 32.3 Å². The molecule has 0 spiro atoms. The summed E-state index contributed by atoms with van der Waals surface area (Å²) in [4.78, 5) is 12.0. The molecule has 8 nitrogen and oxygen atoms in total. The molecule has 1 amide bonds. The monoisotopic (exact) mass is 402 g/mol. The van der Waals surface area contributed by atoms with Crippen LogP contribution in [-0.2, 0) is 17.8 Å². The molecule has 10 heteroatoms. The van der Waals surface area contributed by atoms with Gasteiger partial charge in [0.05, 0.1) is 12.9 Å². The molecule has 3 aromatic rings. The molecule has 0 saturated carbocycles. The molecular formula is C17H18N6O2S2. The smallest absolute Gasteiger partial charge is 0.236 e. The van der Waals surface area contributed by atoms with Crippen molar-refractivity contribution in [1.82, 2.24) is 25.0 Å². The number of hydrogen-bond acceptors (Lipinski definition) is 8. The number of thioether (sulfide) groups is 1. The number of rotatable bonds is 9. The van der Waals surface area contributed by atoms with Gasteiger partial charge in [0.25, 0.3) is 0 Å². The van der Waals surface area contributed by atoms with Crippen molar-refractivity contribution in [3.8, 4) is 5.75 Å². The Morgan fingerprint density at radius 2 is 2.15 bits per heavy atom. The van der Waals surface area contributed by atoms with Crippen LogP contribution >= 0.6 is 23.1 Å². The van der Waals surface area contributed by atoms with E-state index in [0.717, 1.165) is 17.1 Å². The summed E-state index contributed by atoms with van der Waals surface area (Å²) in [6, 6.07) is 7.82. The molecule has 3 rings (SSSR count). The summed E-state index contributed by atoms with van der Waals surface area (Å²) in [6.07, 6.45) is 2.41. The summed E-state index contributed by atoms with van der Waals surface area (Å²) in [5.74, 6) is 1.66. The predicted molar refractivity (Wildman–Crippen MR) is 105 cm³/mol. The maximum absolute atomic E-state index is 12.0. The number of ether oxygens (including phenoxy) is 1. The first-order valence-electron chi connectivity index (χ1n) is 8.04. The lowest BCUT2D eigenvalue weighted by atomic mass is 10.1. The Hall–Kier alpha value is -2.72. The molecule has 0 saturated heterocycles. The topological polar surface area (TPSA) is 94.8 Å². The average molecular weight is 403 g/mol. The lowest BCUT2D eigenvalue weighted by Crippen LogP contribution is -2.14. The maximum atomic E-state index is 12.0. The summed E-state index contributed by atoms with van der Waals surface area (Å²) < 4.78 is 7.14. The van der Waals surface area contributed by atoms with Crippen LogP contribution in [0.15, 0.2) is 47.6 Å². The predicted octanol–water partition coefficient (Wildman–Crippen LogP) is 2.65. The molecule has 140 valence electrons. The number of nitrogens with one attached hydrogen (secondary N) is 1. The van der Waals surface area contributed by atoms with Gasteiger partial charge in [0.2, 0.25) is 11.0 Å². The SMILES string of the molecule is C=CCn1c(Cc2ccc(OC)cc2)nnc1SCC(=O)Nc1nncs1. The first kappa shape index (κ1) is 19.1. The highest BCUT2D eigenvalue weighted by Gasteiger charge is 2.14. The number of benzene rings is 1. The maximum Gasteiger partial charge on any atom is 0.236 e. The zero-order valence-electron chi connectivity index (χ0n) is 14.7. The molecule has 0 aliphatic carbocycles. The van der Waals surface area contributed by atoms with E-state index in [9.17, 15) is 4.79 Å². The van der Waals surface area contributed by atoms with Crippen LogP contribution in [0.25, 0.3) is 0 Å². The Labute approximate surface area is 164 Å². The van der Waals surface area contributed by atoms with Gasteiger partial charge in [-0.05, 0) is 17.7 Å². The number of carbonyl (C=O) groups is 1. The fourth-order valence-electron chi connectivity index (χ4n) is 2.31. The van der Waals surface area contributed by atoms with E-state index in [4.69, 9.17) is 4.74 Å². The van der Waals surface area contributed by atoms with Crippen molar-refractivity contribution < 1.29 is 9.53 Å². The molecular weight excluding hydrogens is 384 g/mol. The molecule has 0 bridgehead atoms. The highest BCUT2D eigenvalue weighted by Crippen LogP contribution is 2.20. The largest absolute Gasteiger partial charge is 0.497 e. The second kappa shape index (κ2) is 9.28. The van der Waals surface area contributed by atoms with Gasteiger partial charge in [0.15, 0.2) is 5.16 Å². The Kier molecular flexibility index (Phi) is 6.55. The third kappa shape index (κ3) is 5.14. The van der Waals surface area contributed by atoms with Gasteiger partial charge in [0.1, 0.15) is 17.1 Å². The Balaban J connectivity index is 1.66. The van der Waals surface area contributed by atoms with Gasteiger partial charge < -0.3 is 9.30 Å². The van der Waals surface area contributed by atoms with E-state index >= 15 is 0 Å². The molecule has 2 heterocycles. The van der Waals surface area contributed by atoms with Crippen LogP contribution in [0, 0.1) is 0 Å². The van der Waals surface area contributed by atoms with Gasteiger partial charge in [0, 0.05) is 13.0 Å². The van der Waals surface area contributed by atoms with Gasteiger partial charge >= 0.3 is 0 Å². The molecule has 1 aromatic carbocycles. The van der Waals surface area contributed by atoms with Crippen molar-refractivity contribution in [2.75, 3.05) is 18.2 Å². The Morgan fingerprint density at radius 3 is 2.81 bits per heavy atom. The second-order valence-corrected chi connectivity index (χ2v) is 7.18. The lowest BCUT2D eigenvalue weighted by molar-refractivity contribution is -0.113. The highest BCUT2D eigenvalue weighted by atomic mass is 32.2. The van der Waals surface area contributed by atoms with Gasteiger partial charge in [-0.1, -0.05) is 41.3 Å². The zero-order chi connectivity index (χ0) is 19.1. The minimum Gasteiger partial charge on any atom is -0.497 e. The van der Waals surface area contributed by atoms with Crippen LogP contribution < -0.4 is 10.1 Å². The number of anilines is 1.